The fourth-order valence-corrected chi connectivity index (χ4v) is 2.49. The Morgan fingerprint density at radius 3 is 2.05 bits per heavy atom. The molecule has 0 radical (unpaired) electrons. The fourth-order valence-electron chi connectivity index (χ4n) is 1.96. The molecule has 3 rings (SSSR count). The molecule has 0 fully saturated rings. The van der Waals surface area contributed by atoms with Crippen LogP contribution in [0.4, 0.5) is 0 Å². The first-order valence-electron chi connectivity index (χ1n) is 6.33. The van der Waals surface area contributed by atoms with Crippen LogP contribution < -0.4 is 5.73 Å². The number of benzene rings is 2. The minimum Gasteiger partial charge on any atom is -0.363 e. The largest absolute Gasteiger partial charge is 0.363 e. The number of rotatable bonds is 3. The molecule has 0 aliphatic carbocycles. The van der Waals surface area contributed by atoms with E-state index in [9.17, 15) is 4.79 Å². The topological polar surface area (TPSA) is 73.8 Å². The normalized spacial score (nSPS) is 10.6. The lowest BCUT2D eigenvalue weighted by Gasteiger charge is -2.06. The van der Waals surface area contributed by atoms with Crippen LogP contribution in [0.3, 0.4) is 0 Å². The zero-order valence-electron chi connectivity index (χ0n) is 11.2. The van der Waals surface area contributed by atoms with Crippen molar-refractivity contribution in [3.63, 3.8) is 0 Å². The smallest absolute Gasteiger partial charge is 0.288 e. The van der Waals surface area contributed by atoms with Gasteiger partial charge < -0.3 is 5.73 Å². The van der Waals surface area contributed by atoms with Gasteiger partial charge in [-0.2, -0.15) is 0 Å². The molecule has 110 valence electrons. The molecule has 3 aromatic rings. The molecule has 0 atom stereocenters. The highest BCUT2D eigenvalue weighted by atomic mass is 79.9. The van der Waals surface area contributed by atoms with Gasteiger partial charge in [0.05, 0.1) is 5.69 Å². The van der Waals surface area contributed by atoms with Crippen LogP contribution in [0.1, 0.15) is 10.6 Å². The lowest BCUT2D eigenvalue weighted by Crippen LogP contribution is -2.13. The summed E-state index contributed by atoms with van der Waals surface area (Å²) in [6, 6.07) is 15.2. The maximum atomic E-state index is 11.4. The van der Waals surface area contributed by atoms with Gasteiger partial charge >= 0.3 is 0 Å². The summed E-state index contributed by atoms with van der Waals surface area (Å²) in [7, 11) is 0. The summed E-state index contributed by atoms with van der Waals surface area (Å²) in [6.07, 6.45) is 0. The third-order valence-electron chi connectivity index (χ3n) is 3.00. The molecule has 0 saturated heterocycles. The number of carbonyl (C=O) groups excluding carboxylic acids is 1. The average molecular weight is 422 g/mol. The van der Waals surface area contributed by atoms with Crippen LogP contribution in [0.5, 0.6) is 0 Å². The standard InChI is InChI=1S/C15H10Br2N4O/c16-10-3-1-9(2-4-10)15-19-14(13(18)22)20-21(15)12-7-5-11(17)6-8-12/h1-8H,(H2,18,22). The van der Waals surface area contributed by atoms with Crippen molar-refractivity contribution in [3.05, 3.63) is 63.3 Å². The van der Waals surface area contributed by atoms with Crippen molar-refractivity contribution < 1.29 is 4.79 Å². The number of carbonyl (C=O) groups is 1. The SMILES string of the molecule is NC(=O)c1nc(-c2ccc(Br)cc2)n(-c2ccc(Br)cc2)n1. The van der Waals surface area contributed by atoms with Gasteiger partial charge in [-0.05, 0) is 36.4 Å². The second-order valence-corrected chi connectivity index (χ2v) is 6.35. The molecule has 0 aliphatic rings. The molecule has 0 saturated carbocycles. The monoisotopic (exact) mass is 420 g/mol. The van der Waals surface area contributed by atoms with Crippen LogP contribution in [-0.4, -0.2) is 20.7 Å². The zero-order chi connectivity index (χ0) is 15.7. The van der Waals surface area contributed by atoms with E-state index in [1.54, 1.807) is 4.68 Å². The number of nitrogens with two attached hydrogens (primary N) is 1. The lowest BCUT2D eigenvalue weighted by molar-refractivity contribution is 0.0990. The van der Waals surface area contributed by atoms with E-state index in [1.807, 2.05) is 48.5 Å². The van der Waals surface area contributed by atoms with Gasteiger partial charge in [0.15, 0.2) is 5.82 Å². The van der Waals surface area contributed by atoms with E-state index >= 15 is 0 Å². The molecule has 0 bridgehead atoms. The van der Waals surface area contributed by atoms with Gasteiger partial charge in [0.2, 0.25) is 5.82 Å². The van der Waals surface area contributed by atoms with E-state index in [-0.39, 0.29) is 5.82 Å². The molecule has 1 heterocycles. The first-order chi connectivity index (χ1) is 10.5. The van der Waals surface area contributed by atoms with Crippen LogP contribution in [0, 0.1) is 0 Å². The number of aromatic nitrogens is 3. The minimum atomic E-state index is -0.658. The molecule has 2 N–H and O–H groups in total. The van der Waals surface area contributed by atoms with Gasteiger partial charge in [0.1, 0.15) is 0 Å². The molecule has 1 amide bonds. The highest BCUT2D eigenvalue weighted by Crippen LogP contribution is 2.24. The number of primary amides is 1. The number of hydrogen-bond donors (Lipinski definition) is 1. The fraction of sp³-hybridized carbons (Fsp3) is 0. The molecule has 1 aromatic heterocycles. The second-order valence-electron chi connectivity index (χ2n) is 4.52. The maximum absolute atomic E-state index is 11.4. The Morgan fingerprint density at radius 1 is 0.955 bits per heavy atom. The highest BCUT2D eigenvalue weighted by Gasteiger charge is 2.16. The molecular formula is C15H10Br2N4O. The third-order valence-corrected chi connectivity index (χ3v) is 4.06. The summed E-state index contributed by atoms with van der Waals surface area (Å²) in [4.78, 5) is 15.7. The number of hydrogen-bond acceptors (Lipinski definition) is 3. The minimum absolute atomic E-state index is 0.0131. The predicted molar refractivity (Wildman–Crippen MR) is 90.7 cm³/mol. The molecule has 7 heteroatoms. The summed E-state index contributed by atoms with van der Waals surface area (Å²) in [5.74, 6) is -0.112. The van der Waals surface area contributed by atoms with Crippen LogP contribution in [0.15, 0.2) is 57.5 Å². The van der Waals surface area contributed by atoms with Gasteiger partial charge in [-0.15, -0.1) is 5.10 Å². The van der Waals surface area contributed by atoms with Crippen molar-refractivity contribution in [1.82, 2.24) is 14.8 Å². The van der Waals surface area contributed by atoms with Gasteiger partial charge in [0.25, 0.3) is 5.91 Å². The molecule has 0 spiro atoms. The van der Waals surface area contributed by atoms with E-state index in [2.05, 4.69) is 41.9 Å². The summed E-state index contributed by atoms with van der Waals surface area (Å²) >= 11 is 6.79. The van der Waals surface area contributed by atoms with Crippen LogP contribution in [0.25, 0.3) is 17.1 Å². The molecule has 0 unspecified atom stereocenters. The summed E-state index contributed by atoms with van der Waals surface area (Å²) in [6.45, 7) is 0. The molecular weight excluding hydrogens is 412 g/mol. The van der Waals surface area contributed by atoms with Crippen LogP contribution >= 0.6 is 31.9 Å². The van der Waals surface area contributed by atoms with E-state index < -0.39 is 5.91 Å². The molecule has 22 heavy (non-hydrogen) atoms. The number of halogens is 2. The predicted octanol–water partition coefficient (Wildman–Crippen LogP) is 3.56. The Labute approximate surface area is 143 Å². The van der Waals surface area contributed by atoms with Crippen LogP contribution in [-0.2, 0) is 0 Å². The summed E-state index contributed by atoms with van der Waals surface area (Å²) in [5, 5.41) is 4.21. The van der Waals surface area contributed by atoms with E-state index in [1.165, 1.54) is 0 Å². The average Bonchev–Trinajstić information content (AvgIpc) is 2.94. The highest BCUT2D eigenvalue weighted by molar-refractivity contribution is 9.10. The van der Waals surface area contributed by atoms with Crippen molar-refractivity contribution in [1.29, 1.82) is 0 Å². The molecule has 5 nitrogen and oxygen atoms in total. The van der Waals surface area contributed by atoms with Crippen molar-refractivity contribution in [3.8, 4) is 17.1 Å². The Balaban J connectivity index is 2.17. The maximum Gasteiger partial charge on any atom is 0.288 e. The Bertz CT molecular complexity index is 763. The Morgan fingerprint density at radius 2 is 1.50 bits per heavy atom. The van der Waals surface area contributed by atoms with Crippen molar-refractivity contribution >= 4 is 37.8 Å². The van der Waals surface area contributed by atoms with Gasteiger partial charge in [-0.3, -0.25) is 4.79 Å². The second kappa shape index (κ2) is 6.02. The number of nitrogens with zero attached hydrogens (tertiary/aromatic N) is 3. The van der Waals surface area contributed by atoms with Gasteiger partial charge in [-0.25, -0.2) is 9.67 Å². The lowest BCUT2D eigenvalue weighted by atomic mass is 10.2. The zero-order valence-corrected chi connectivity index (χ0v) is 14.4. The number of amides is 1. The first-order valence-corrected chi connectivity index (χ1v) is 7.92. The Kier molecular flexibility index (Phi) is 4.08. The van der Waals surface area contributed by atoms with E-state index in [0.29, 0.717) is 5.82 Å². The van der Waals surface area contributed by atoms with E-state index in [0.717, 1.165) is 20.2 Å². The van der Waals surface area contributed by atoms with Crippen molar-refractivity contribution in [2.75, 3.05) is 0 Å². The van der Waals surface area contributed by atoms with Gasteiger partial charge in [0, 0.05) is 14.5 Å². The summed E-state index contributed by atoms with van der Waals surface area (Å²) < 4.78 is 3.52. The van der Waals surface area contributed by atoms with Crippen molar-refractivity contribution in [2.45, 2.75) is 0 Å². The van der Waals surface area contributed by atoms with Gasteiger partial charge in [-0.1, -0.05) is 44.0 Å². The van der Waals surface area contributed by atoms with Crippen molar-refractivity contribution in [2.24, 2.45) is 5.73 Å². The van der Waals surface area contributed by atoms with E-state index in [4.69, 9.17) is 5.73 Å². The van der Waals surface area contributed by atoms with Crippen LogP contribution in [0.2, 0.25) is 0 Å². The quantitative estimate of drug-likeness (QED) is 0.702. The molecule has 0 aliphatic heterocycles. The first kappa shape index (κ1) is 14.9. The molecule has 2 aromatic carbocycles. The third kappa shape index (κ3) is 2.95. The Hall–Kier alpha value is -1.99. The summed E-state index contributed by atoms with van der Waals surface area (Å²) in [5.41, 5.74) is 6.94.